The summed E-state index contributed by atoms with van der Waals surface area (Å²) < 4.78 is 40.3. The zero-order valence-electron chi connectivity index (χ0n) is 14.9. The Morgan fingerprint density at radius 1 is 1.30 bits per heavy atom. The van der Waals surface area contributed by atoms with Crippen molar-refractivity contribution in [1.29, 1.82) is 0 Å². The van der Waals surface area contributed by atoms with Gasteiger partial charge in [0.15, 0.2) is 0 Å². The molecule has 146 valence electrons. The minimum atomic E-state index is -4.42. The third-order valence-corrected chi connectivity index (χ3v) is 5.40. The van der Waals surface area contributed by atoms with Crippen LogP contribution in [-0.2, 0) is 13.2 Å². The molecule has 3 heterocycles. The molecule has 0 aromatic carbocycles. The van der Waals surface area contributed by atoms with Gasteiger partial charge >= 0.3 is 6.18 Å². The number of hydrogen-bond acceptors (Lipinski definition) is 4. The number of imidazole rings is 1. The average Bonchev–Trinajstić information content (AvgIpc) is 3.06. The second-order valence-corrected chi connectivity index (χ2v) is 7.41. The number of anilines is 1. The van der Waals surface area contributed by atoms with Gasteiger partial charge < -0.3 is 14.4 Å². The normalized spacial score (nSPS) is 15.9. The minimum Gasteiger partial charge on any atom is -0.356 e. The molecule has 0 saturated carbocycles. The molecule has 1 amide bonds. The molecule has 0 spiro atoms. The Kier molecular flexibility index (Phi) is 5.45. The molecular formula is C17H19BrF3N5O. The molecule has 0 bridgehead atoms. The minimum absolute atomic E-state index is 0.0527. The van der Waals surface area contributed by atoms with Crippen molar-refractivity contribution < 1.29 is 18.0 Å². The summed E-state index contributed by atoms with van der Waals surface area (Å²) in [6.45, 7) is 1.20. The molecular weight excluding hydrogens is 427 g/mol. The van der Waals surface area contributed by atoms with Crippen LogP contribution >= 0.6 is 15.9 Å². The quantitative estimate of drug-likeness (QED) is 0.726. The van der Waals surface area contributed by atoms with Crippen LogP contribution in [0.3, 0.4) is 0 Å². The van der Waals surface area contributed by atoms with Gasteiger partial charge in [-0.15, -0.1) is 0 Å². The molecule has 27 heavy (non-hydrogen) atoms. The highest BCUT2D eigenvalue weighted by atomic mass is 79.9. The third-order valence-electron chi connectivity index (χ3n) is 4.82. The molecule has 2 aromatic heterocycles. The smallest absolute Gasteiger partial charge is 0.356 e. The monoisotopic (exact) mass is 445 g/mol. The van der Waals surface area contributed by atoms with Crippen molar-refractivity contribution in [2.45, 2.75) is 25.1 Å². The van der Waals surface area contributed by atoms with Crippen LogP contribution in [0.5, 0.6) is 0 Å². The number of rotatable bonds is 3. The Hall–Kier alpha value is -2.10. The number of hydrogen-bond donors (Lipinski definition) is 0. The fourth-order valence-corrected chi connectivity index (χ4v) is 3.79. The fraction of sp³-hybridized carbons (Fsp3) is 0.471. The number of piperidine rings is 1. The zero-order chi connectivity index (χ0) is 19.8. The van der Waals surface area contributed by atoms with E-state index >= 15 is 0 Å². The number of carbonyl (C=O) groups is 1. The van der Waals surface area contributed by atoms with E-state index in [1.165, 1.54) is 6.20 Å². The third kappa shape index (κ3) is 4.10. The average molecular weight is 446 g/mol. The van der Waals surface area contributed by atoms with Gasteiger partial charge in [0, 0.05) is 39.4 Å². The van der Waals surface area contributed by atoms with Gasteiger partial charge in [-0.2, -0.15) is 13.2 Å². The standard InChI is InChI=1S/C17H19BrF3N5O/c1-24-10-22-9-14(24)16(27)25(2)12-3-5-26(6-4-12)15-13(18)7-11(8-23-15)17(19,20)21/h7-10,12H,3-6H2,1-2H3. The predicted octanol–water partition coefficient (Wildman–Crippen LogP) is 3.34. The Labute approximate surface area is 163 Å². The van der Waals surface area contributed by atoms with Gasteiger partial charge in [0.1, 0.15) is 11.5 Å². The summed E-state index contributed by atoms with van der Waals surface area (Å²) in [6.07, 6.45) is 0.958. The van der Waals surface area contributed by atoms with Crippen molar-refractivity contribution in [3.05, 3.63) is 40.5 Å². The maximum absolute atomic E-state index is 12.8. The van der Waals surface area contributed by atoms with Crippen molar-refractivity contribution in [3.63, 3.8) is 0 Å². The van der Waals surface area contributed by atoms with Gasteiger partial charge in [0.25, 0.3) is 5.91 Å². The lowest BCUT2D eigenvalue weighted by Gasteiger charge is -2.37. The van der Waals surface area contributed by atoms with Gasteiger partial charge in [-0.25, -0.2) is 9.97 Å². The topological polar surface area (TPSA) is 54.3 Å². The molecule has 0 radical (unpaired) electrons. The lowest BCUT2D eigenvalue weighted by atomic mass is 10.0. The van der Waals surface area contributed by atoms with Crippen molar-refractivity contribution >= 4 is 27.7 Å². The summed E-state index contributed by atoms with van der Waals surface area (Å²) in [5, 5.41) is 0. The predicted molar refractivity (Wildman–Crippen MR) is 97.5 cm³/mol. The first kappa shape index (κ1) is 19.7. The Balaban J connectivity index is 1.65. The van der Waals surface area contributed by atoms with Crippen LogP contribution in [0.1, 0.15) is 28.9 Å². The zero-order valence-corrected chi connectivity index (χ0v) is 16.5. The van der Waals surface area contributed by atoms with E-state index in [-0.39, 0.29) is 11.9 Å². The molecule has 1 fully saturated rings. The van der Waals surface area contributed by atoms with Crippen LogP contribution in [0.2, 0.25) is 0 Å². The van der Waals surface area contributed by atoms with E-state index in [2.05, 4.69) is 25.9 Å². The summed E-state index contributed by atoms with van der Waals surface area (Å²) in [5.74, 6) is 0.393. The first-order valence-electron chi connectivity index (χ1n) is 8.39. The lowest BCUT2D eigenvalue weighted by molar-refractivity contribution is -0.137. The molecule has 10 heteroatoms. The van der Waals surface area contributed by atoms with Crippen molar-refractivity contribution in [1.82, 2.24) is 19.4 Å². The maximum atomic E-state index is 12.8. The highest BCUT2D eigenvalue weighted by molar-refractivity contribution is 9.10. The highest BCUT2D eigenvalue weighted by Crippen LogP contribution is 2.34. The summed E-state index contributed by atoms with van der Waals surface area (Å²) >= 11 is 3.20. The number of aromatic nitrogens is 3. The van der Waals surface area contributed by atoms with E-state index in [0.717, 1.165) is 12.3 Å². The number of halogens is 4. The fourth-order valence-electron chi connectivity index (χ4n) is 3.19. The SMILES string of the molecule is CN(C(=O)c1cncn1C)C1CCN(c2ncc(C(F)(F)F)cc2Br)CC1. The molecule has 1 saturated heterocycles. The Morgan fingerprint density at radius 3 is 2.48 bits per heavy atom. The number of pyridine rings is 1. The molecule has 0 atom stereocenters. The van der Waals surface area contributed by atoms with Crippen LogP contribution in [0, 0.1) is 0 Å². The summed E-state index contributed by atoms with van der Waals surface area (Å²) in [5.41, 5.74) is -0.262. The first-order valence-corrected chi connectivity index (χ1v) is 9.19. The molecule has 3 rings (SSSR count). The second-order valence-electron chi connectivity index (χ2n) is 6.55. The molecule has 2 aromatic rings. The summed E-state index contributed by atoms with van der Waals surface area (Å²) in [7, 11) is 3.53. The van der Waals surface area contributed by atoms with Gasteiger partial charge in [-0.3, -0.25) is 4.79 Å². The lowest BCUT2D eigenvalue weighted by Crippen LogP contribution is -2.46. The van der Waals surface area contributed by atoms with Gasteiger partial charge in [-0.1, -0.05) is 0 Å². The highest BCUT2D eigenvalue weighted by Gasteiger charge is 2.33. The van der Waals surface area contributed by atoms with E-state index in [0.29, 0.717) is 41.9 Å². The Bertz CT molecular complexity index is 830. The van der Waals surface area contributed by atoms with Crippen molar-refractivity contribution in [2.75, 3.05) is 25.0 Å². The van der Waals surface area contributed by atoms with Crippen LogP contribution in [0.4, 0.5) is 19.0 Å². The number of nitrogens with zero attached hydrogens (tertiary/aromatic N) is 5. The molecule has 1 aliphatic rings. The molecule has 0 N–H and O–H groups in total. The number of carbonyl (C=O) groups excluding carboxylic acids is 1. The molecule has 0 unspecified atom stereocenters. The van der Waals surface area contributed by atoms with E-state index in [9.17, 15) is 18.0 Å². The van der Waals surface area contributed by atoms with Crippen LogP contribution in [0.25, 0.3) is 0 Å². The molecule has 6 nitrogen and oxygen atoms in total. The number of amides is 1. The van der Waals surface area contributed by atoms with Crippen LogP contribution < -0.4 is 4.90 Å². The van der Waals surface area contributed by atoms with E-state index in [4.69, 9.17) is 0 Å². The van der Waals surface area contributed by atoms with Crippen molar-refractivity contribution in [2.24, 2.45) is 7.05 Å². The maximum Gasteiger partial charge on any atom is 0.417 e. The van der Waals surface area contributed by atoms with E-state index < -0.39 is 11.7 Å². The van der Waals surface area contributed by atoms with Gasteiger partial charge in [-0.05, 0) is 34.8 Å². The largest absolute Gasteiger partial charge is 0.417 e. The first-order chi connectivity index (χ1) is 12.7. The number of alkyl halides is 3. The summed E-state index contributed by atoms with van der Waals surface area (Å²) in [4.78, 5) is 24.2. The van der Waals surface area contributed by atoms with Crippen LogP contribution in [-0.4, -0.2) is 51.5 Å². The van der Waals surface area contributed by atoms with Crippen LogP contribution in [0.15, 0.2) is 29.3 Å². The van der Waals surface area contributed by atoms with Gasteiger partial charge in [0.05, 0.1) is 22.6 Å². The summed E-state index contributed by atoms with van der Waals surface area (Å²) in [6, 6.07) is 1.10. The van der Waals surface area contributed by atoms with E-state index in [1.807, 2.05) is 4.90 Å². The van der Waals surface area contributed by atoms with Crippen molar-refractivity contribution in [3.8, 4) is 0 Å². The number of aryl methyl sites for hydroxylation is 1. The Morgan fingerprint density at radius 2 is 1.96 bits per heavy atom. The molecule has 1 aliphatic heterocycles. The van der Waals surface area contributed by atoms with Gasteiger partial charge in [0.2, 0.25) is 0 Å². The molecule has 0 aliphatic carbocycles. The van der Waals surface area contributed by atoms with E-state index in [1.54, 1.807) is 29.9 Å². The second kappa shape index (κ2) is 7.49.